The molecule has 2 aromatic rings. The molecule has 5 heteroatoms. The van der Waals surface area contributed by atoms with E-state index in [9.17, 15) is 4.79 Å². The van der Waals surface area contributed by atoms with Gasteiger partial charge in [0.15, 0.2) is 0 Å². The van der Waals surface area contributed by atoms with E-state index in [1.54, 1.807) is 6.20 Å². The van der Waals surface area contributed by atoms with Crippen molar-refractivity contribution in [1.82, 2.24) is 10.3 Å². The van der Waals surface area contributed by atoms with E-state index in [2.05, 4.69) is 45.7 Å². The predicted molar refractivity (Wildman–Crippen MR) is 111 cm³/mol. The zero-order valence-corrected chi connectivity index (χ0v) is 16.6. The van der Waals surface area contributed by atoms with Crippen molar-refractivity contribution >= 4 is 23.4 Å². The van der Waals surface area contributed by atoms with Crippen LogP contribution in [-0.2, 0) is 0 Å². The molecule has 1 aliphatic carbocycles. The lowest BCUT2D eigenvalue weighted by Gasteiger charge is -2.28. The number of benzene rings is 1. The molecule has 1 heterocycles. The molecule has 3 rings (SSSR count). The molecule has 1 fully saturated rings. The Morgan fingerprint density at radius 1 is 1.15 bits per heavy atom. The number of nitrogens with zero attached hydrogens (tertiary/aromatic N) is 2. The van der Waals surface area contributed by atoms with Crippen molar-refractivity contribution in [1.29, 1.82) is 0 Å². The molecule has 0 unspecified atom stereocenters. The predicted octanol–water partition coefficient (Wildman–Crippen LogP) is 4.22. The monoisotopic (exact) mass is 369 g/mol. The molecule has 1 amide bonds. The first-order valence-electron chi connectivity index (χ1n) is 9.13. The molecular formula is C21H27N3OS. The molecule has 1 aliphatic rings. The van der Waals surface area contributed by atoms with Gasteiger partial charge in [0.2, 0.25) is 0 Å². The molecule has 0 spiro atoms. The van der Waals surface area contributed by atoms with Crippen molar-refractivity contribution in [2.45, 2.75) is 37.0 Å². The lowest BCUT2D eigenvalue weighted by Crippen LogP contribution is -2.39. The first-order valence-corrected chi connectivity index (χ1v) is 10.4. The van der Waals surface area contributed by atoms with Gasteiger partial charge >= 0.3 is 0 Å². The molecule has 0 radical (unpaired) electrons. The second kappa shape index (κ2) is 8.58. The molecular weight excluding hydrogens is 342 g/mol. The number of nitrogens with one attached hydrogen (secondary N) is 1. The molecule has 1 aromatic carbocycles. The molecule has 0 aliphatic heterocycles. The molecule has 4 nitrogen and oxygen atoms in total. The van der Waals surface area contributed by atoms with Crippen molar-refractivity contribution in [2.75, 3.05) is 25.3 Å². The van der Waals surface area contributed by atoms with Gasteiger partial charge in [-0.2, -0.15) is 11.8 Å². The van der Waals surface area contributed by atoms with E-state index in [-0.39, 0.29) is 11.9 Å². The molecule has 0 saturated heterocycles. The largest absolute Gasteiger partial charge is 0.378 e. The van der Waals surface area contributed by atoms with E-state index in [4.69, 9.17) is 0 Å². The van der Waals surface area contributed by atoms with Crippen molar-refractivity contribution < 1.29 is 4.79 Å². The summed E-state index contributed by atoms with van der Waals surface area (Å²) in [6, 6.07) is 10.5. The van der Waals surface area contributed by atoms with Gasteiger partial charge in [-0.3, -0.25) is 9.78 Å². The zero-order valence-electron chi connectivity index (χ0n) is 15.7. The van der Waals surface area contributed by atoms with Gasteiger partial charge in [0.1, 0.15) is 0 Å². The maximum atomic E-state index is 12.7. The molecule has 1 aromatic heterocycles. The third kappa shape index (κ3) is 4.58. The summed E-state index contributed by atoms with van der Waals surface area (Å²) in [5, 5.41) is 3.86. The van der Waals surface area contributed by atoms with Crippen LogP contribution in [-0.4, -0.2) is 42.5 Å². The van der Waals surface area contributed by atoms with Crippen molar-refractivity contribution in [2.24, 2.45) is 0 Å². The number of hydrogen-bond acceptors (Lipinski definition) is 4. The van der Waals surface area contributed by atoms with Crippen molar-refractivity contribution in [3.05, 3.63) is 48.3 Å². The Balaban J connectivity index is 1.71. The zero-order chi connectivity index (χ0) is 18.5. The van der Waals surface area contributed by atoms with Crippen molar-refractivity contribution in [3.63, 3.8) is 0 Å². The number of thioether (sulfide) groups is 1. The van der Waals surface area contributed by atoms with Gasteiger partial charge in [0.05, 0.1) is 5.56 Å². The second-order valence-corrected chi connectivity index (χ2v) is 8.24. The minimum atomic E-state index is -0.0176. The molecule has 1 saturated carbocycles. The fraction of sp³-hybridized carbons (Fsp3) is 0.429. The number of amides is 1. The van der Waals surface area contributed by atoms with E-state index in [1.165, 1.54) is 12.8 Å². The lowest BCUT2D eigenvalue weighted by atomic mass is 9.94. The van der Waals surface area contributed by atoms with E-state index in [0.29, 0.717) is 10.8 Å². The first kappa shape index (κ1) is 18.8. The van der Waals surface area contributed by atoms with Crippen LogP contribution in [0.1, 0.15) is 36.0 Å². The summed E-state index contributed by atoms with van der Waals surface area (Å²) in [5.41, 5.74) is 3.81. The van der Waals surface area contributed by atoms with Gasteiger partial charge in [-0.05, 0) is 49.3 Å². The fourth-order valence-corrected chi connectivity index (χ4v) is 4.26. The molecule has 2 atom stereocenters. The fourth-order valence-electron chi connectivity index (χ4n) is 3.43. The van der Waals surface area contributed by atoms with Gasteiger partial charge in [0, 0.05) is 49.0 Å². The summed E-state index contributed by atoms with van der Waals surface area (Å²) in [6.45, 7) is 0. The summed E-state index contributed by atoms with van der Waals surface area (Å²) in [6.07, 6.45) is 10.2. The maximum Gasteiger partial charge on any atom is 0.253 e. The van der Waals surface area contributed by atoms with Crippen LogP contribution < -0.4 is 10.2 Å². The standard InChI is InChI=1S/C21H27N3OS/c1-24(2)19-9-7-15(8-10-19)16-11-17(14-22-13-16)21(25)23-18-5-4-6-20(12-18)26-3/h7-11,13-14,18,20H,4-6,12H2,1-3H3,(H,23,25)/t18-,20+/m0/s1. The number of pyridine rings is 1. The van der Waals surface area contributed by atoms with Crippen LogP contribution in [0.2, 0.25) is 0 Å². The summed E-state index contributed by atoms with van der Waals surface area (Å²) >= 11 is 1.91. The summed E-state index contributed by atoms with van der Waals surface area (Å²) in [7, 11) is 4.04. The Labute approximate surface area is 160 Å². The molecule has 138 valence electrons. The van der Waals surface area contributed by atoms with Crippen LogP contribution in [0.4, 0.5) is 5.69 Å². The normalized spacial score (nSPS) is 19.8. The molecule has 0 bridgehead atoms. The van der Waals surface area contributed by atoms with Crippen LogP contribution >= 0.6 is 11.8 Å². The minimum absolute atomic E-state index is 0.0176. The Bertz CT molecular complexity index is 745. The van der Waals surface area contributed by atoms with Crippen LogP contribution in [0.25, 0.3) is 11.1 Å². The lowest BCUT2D eigenvalue weighted by molar-refractivity contribution is 0.0928. The number of hydrogen-bond donors (Lipinski definition) is 1. The highest BCUT2D eigenvalue weighted by Gasteiger charge is 2.23. The van der Waals surface area contributed by atoms with E-state index < -0.39 is 0 Å². The highest BCUT2D eigenvalue weighted by molar-refractivity contribution is 7.99. The number of aromatic nitrogens is 1. The van der Waals surface area contributed by atoms with Gasteiger partial charge in [0.25, 0.3) is 5.91 Å². The van der Waals surface area contributed by atoms with E-state index in [1.807, 2.05) is 38.1 Å². The second-order valence-electron chi connectivity index (χ2n) is 7.10. The third-order valence-corrected chi connectivity index (χ3v) is 6.11. The van der Waals surface area contributed by atoms with Gasteiger partial charge in [-0.15, -0.1) is 0 Å². The van der Waals surface area contributed by atoms with Gasteiger partial charge in [-0.25, -0.2) is 0 Å². The quantitative estimate of drug-likeness (QED) is 0.857. The molecule has 26 heavy (non-hydrogen) atoms. The van der Waals surface area contributed by atoms with Gasteiger partial charge in [-0.1, -0.05) is 18.6 Å². The Kier molecular flexibility index (Phi) is 6.20. The Morgan fingerprint density at radius 2 is 1.92 bits per heavy atom. The third-order valence-electron chi connectivity index (χ3n) is 5.01. The van der Waals surface area contributed by atoms with Crippen LogP contribution in [0.3, 0.4) is 0 Å². The topological polar surface area (TPSA) is 45.2 Å². The summed E-state index contributed by atoms with van der Waals surface area (Å²) in [5.74, 6) is -0.0176. The summed E-state index contributed by atoms with van der Waals surface area (Å²) in [4.78, 5) is 19.0. The van der Waals surface area contributed by atoms with Crippen LogP contribution in [0.5, 0.6) is 0 Å². The minimum Gasteiger partial charge on any atom is -0.378 e. The SMILES string of the molecule is CS[C@@H]1CCC[C@H](NC(=O)c2cncc(-c3ccc(N(C)C)cc3)c2)C1. The highest BCUT2D eigenvalue weighted by atomic mass is 32.2. The average Bonchev–Trinajstić information content (AvgIpc) is 2.68. The van der Waals surface area contributed by atoms with E-state index >= 15 is 0 Å². The first-order chi connectivity index (χ1) is 12.6. The van der Waals surface area contributed by atoms with Crippen LogP contribution in [0, 0.1) is 0 Å². The number of rotatable bonds is 5. The van der Waals surface area contributed by atoms with Gasteiger partial charge < -0.3 is 10.2 Å². The average molecular weight is 370 g/mol. The van der Waals surface area contributed by atoms with Crippen molar-refractivity contribution in [3.8, 4) is 11.1 Å². The summed E-state index contributed by atoms with van der Waals surface area (Å²) < 4.78 is 0. The highest BCUT2D eigenvalue weighted by Crippen LogP contribution is 2.27. The molecule has 1 N–H and O–H groups in total. The van der Waals surface area contributed by atoms with Crippen LogP contribution in [0.15, 0.2) is 42.7 Å². The Hall–Kier alpha value is -2.01. The smallest absolute Gasteiger partial charge is 0.253 e. The maximum absolute atomic E-state index is 12.7. The number of anilines is 1. The van der Waals surface area contributed by atoms with E-state index in [0.717, 1.165) is 29.7 Å². The number of carbonyl (C=O) groups excluding carboxylic acids is 1. The number of carbonyl (C=O) groups is 1. The Morgan fingerprint density at radius 3 is 2.62 bits per heavy atom.